The van der Waals surface area contributed by atoms with Crippen molar-refractivity contribution in [1.82, 2.24) is 9.88 Å². The first-order chi connectivity index (χ1) is 16.4. The Morgan fingerprint density at radius 3 is 2.32 bits per heavy atom. The molecule has 1 aromatic heterocycles. The van der Waals surface area contributed by atoms with Crippen LogP contribution < -0.4 is 10.2 Å². The molecule has 11 heteroatoms. The second-order valence-corrected chi connectivity index (χ2v) is 8.51. The van der Waals surface area contributed by atoms with Gasteiger partial charge in [0, 0.05) is 50.2 Å². The Morgan fingerprint density at radius 1 is 1.03 bits per heavy atom. The third kappa shape index (κ3) is 8.20. The zero-order valence-corrected chi connectivity index (χ0v) is 22.8. The van der Waals surface area contributed by atoms with Gasteiger partial charge in [-0.15, -0.1) is 37.2 Å². The van der Waals surface area contributed by atoms with E-state index in [1.165, 1.54) is 0 Å². The van der Waals surface area contributed by atoms with Crippen molar-refractivity contribution >= 4 is 71.5 Å². The predicted molar refractivity (Wildman–Crippen MR) is 153 cm³/mol. The van der Waals surface area contributed by atoms with Gasteiger partial charge >= 0.3 is 5.97 Å². The first kappa shape index (κ1) is 31.9. The van der Waals surface area contributed by atoms with Crippen LogP contribution in [0.3, 0.4) is 0 Å². The summed E-state index contributed by atoms with van der Waals surface area (Å²) in [5.41, 5.74) is 3.30. The van der Waals surface area contributed by atoms with Crippen molar-refractivity contribution in [2.45, 2.75) is 19.8 Å². The number of carboxylic acid groups (broad SMARTS) is 1. The molecule has 8 nitrogen and oxygen atoms in total. The normalized spacial score (nSPS) is 12.9. The molecule has 1 aliphatic heterocycles. The number of pyridine rings is 1. The van der Waals surface area contributed by atoms with E-state index in [4.69, 9.17) is 10.2 Å². The summed E-state index contributed by atoms with van der Waals surface area (Å²) < 4.78 is 0. The SMILES string of the molecule is Cc1ccc(CC(=O)Nc2ccc3nc(N4CCN(CCC#N)CC4)cc(C(=O)O)c3c2)cc1.Cl.Cl.Cl. The lowest BCUT2D eigenvalue weighted by Gasteiger charge is -2.35. The quantitative estimate of drug-likeness (QED) is 0.426. The summed E-state index contributed by atoms with van der Waals surface area (Å²) in [5, 5.41) is 22.0. The largest absolute Gasteiger partial charge is 0.478 e. The summed E-state index contributed by atoms with van der Waals surface area (Å²) in [6, 6.07) is 16.7. The minimum absolute atomic E-state index is 0. The van der Waals surface area contributed by atoms with Crippen LogP contribution in [0.2, 0.25) is 0 Å². The Hall–Kier alpha value is -3.09. The molecule has 0 spiro atoms. The average molecular weight is 567 g/mol. The molecule has 1 fully saturated rings. The van der Waals surface area contributed by atoms with Gasteiger partial charge < -0.3 is 15.3 Å². The highest BCUT2D eigenvalue weighted by atomic mass is 35.5. The fourth-order valence-electron chi connectivity index (χ4n) is 4.13. The Kier molecular flexibility index (Phi) is 12.6. The number of fused-ring (bicyclic) bond motifs is 1. The van der Waals surface area contributed by atoms with Crippen LogP contribution in [0, 0.1) is 18.3 Å². The van der Waals surface area contributed by atoms with Crippen molar-refractivity contribution in [3.05, 3.63) is 65.2 Å². The van der Waals surface area contributed by atoms with E-state index in [1.54, 1.807) is 24.3 Å². The number of amides is 1. The highest BCUT2D eigenvalue weighted by Crippen LogP contribution is 2.27. The molecule has 0 saturated carbocycles. The fraction of sp³-hybridized carbons (Fsp3) is 0.308. The van der Waals surface area contributed by atoms with Gasteiger partial charge in [0.15, 0.2) is 0 Å². The second-order valence-electron chi connectivity index (χ2n) is 8.51. The number of carboxylic acids is 1. The van der Waals surface area contributed by atoms with Gasteiger partial charge in [-0.1, -0.05) is 29.8 Å². The van der Waals surface area contributed by atoms with Gasteiger partial charge in [-0.25, -0.2) is 9.78 Å². The Bertz CT molecular complexity index is 1260. The number of benzene rings is 2. The van der Waals surface area contributed by atoms with Gasteiger partial charge in [-0.3, -0.25) is 9.69 Å². The molecule has 2 aromatic carbocycles. The van der Waals surface area contributed by atoms with Crippen LogP contribution >= 0.6 is 37.2 Å². The number of carbonyl (C=O) groups excluding carboxylic acids is 1. The Morgan fingerprint density at radius 2 is 1.70 bits per heavy atom. The molecule has 0 radical (unpaired) electrons. The zero-order chi connectivity index (χ0) is 24.1. The monoisotopic (exact) mass is 565 g/mol. The van der Waals surface area contributed by atoms with Crippen molar-refractivity contribution < 1.29 is 14.7 Å². The number of hydrogen-bond acceptors (Lipinski definition) is 6. The summed E-state index contributed by atoms with van der Waals surface area (Å²) in [6.07, 6.45) is 0.739. The van der Waals surface area contributed by atoms with Gasteiger partial charge in [0.25, 0.3) is 0 Å². The van der Waals surface area contributed by atoms with Crippen molar-refractivity contribution in [3.8, 4) is 6.07 Å². The number of rotatable bonds is 7. The second kappa shape index (κ2) is 14.6. The lowest BCUT2D eigenvalue weighted by Crippen LogP contribution is -2.46. The van der Waals surface area contributed by atoms with E-state index in [1.807, 2.05) is 31.2 Å². The van der Waals surface area contributed by atoms with Crippen LogP contribution in [0.4, 0.5) is 11.5 Å². The maximum absolute atomic E-state index is 12.5. The molecule has 1 aliphatic rings. The number of aromatic carboxylic acids is 1. The first-order valence-corrected chi connectivity index (χ1v) is 11.3. The molecule has 1 amide bonds. The lowest BCUT2D eigenvalue weighted by atomic mass is 10.1. The van der Waals surface area contributed by atoms with Crippen LogP contribution in [-0.2, 0) is 11.2 Å². The number of nitrogens with one attached hydrogen (secondary N) is 1. The standard InChI is InChI=1S/C26H27N5O3.3ClH/c1-18-3-5-19(6-4-18)15-25(32)28-20-7-8-23-21(16-20)22(26(33)34)17-24(29-23)31-13-11-30(12-14-31)10-2-9-27;;;/h3-8,16-17H,2,10-15H2,1H3,(H,28,32)(H,33,34);3*1H. The molecule has 0 aliphatic carbocycles. The van der Waals surface area contributed by atoms with Crippen LogP contribution in [-0.4, -0.2) is 59.6 Å². The number of nitriles is 1. The average Bonchev–Trinajstić information content (AvgIpc) is 2.83. The van der Waals surface area contributed by atoms with Crippen LogP contribution in [0.1, 0.15) is 27.9 Å². The molecule has 0 unspecified atom stereocenters. The number of hydrogen-bond donors (Lipinski definition) is 2. The third-order valence-corrected chi connectivity index (χ3v) is 6.03. The molecule has 2 heterocycles. The van der Waals surface area contributed by atoms with Gasteiger partial charge in [0.2, 0.25) is 5.91 Å². The number of carbonyl (C=O) groups is 2. The summed E-state index contributed by atoms with van der Waals surface area (Å²) in [4.78, 5) is 33.6. The van der Waals surface area contributed by atoms with Gasteiger partial charge in [-0.2, -0.15) is 5.26 Å². The molecule has 37 heavy (non-hydrogen) atoms. The van der Waals surface area contributed by atoms with Gasteiger partial charge in [0.05, 0.1) is 23.6 Å². The number of nitrogens with zero attached hydrogens (tertiary/aromatic N) is 4. The molecule has 198 valence electrons. The minimum Gasteiger partial charge on any atom is -0.478 e. The molecule has 3 aromatic rings. The van der Waals surface area contributed by atoms with Crippen molar-refractivity contribution in [2.75, 3.05) is 42.9 Å². The van der Waals surface area contributed by atoms with Crippen LogP contribution in [0.5, 0.6) is 0 Å². The van der Waals surface area contributed by atoms with Gasteiger partial charge in [-0.05, 0) is 36.8 Å². The van der Waals surface area contributed by atoms with Crippen LogP contribution in [0.25, 0.3) is 10.9 Å². The van der Waals surface area contributed by atoms with E-state index in [0.717, 1.165) is 43.9 Å². The number of anilines is 2. The van der Waals surface area contributed by atoms with Gasteiger partial charge in [0.1, 0.15) is 5.82 Å². The smallest absolute Gasteiger partial charge is 0.336 e. The predicted octanol–water partition coefficient (Wildman–Crippen LogP) is 4.72. The van der Waals surface area contributed by atoms with Crippen molar-refractivity contribution in [1.29, 1.82) is 5.26 Å². The van der Waals surface area contributed by atoms with E-state index in [0.29, 0.717) is 28.8 Å². The van der Waals surface area contributed by atoms with E-state index in [-0.39, 0.29) is 55.1 Å². The molecule has 0 atom stereocenters. The Balaban J connectivity index is 0.00000228. The number of piperazine rings is 1. The topological polar surface area (TPSA) is 110 Å². The third-order valence-electron chi connectivity index (χ3n) is 6.03. The summed E-state index contributed by atoms with van der Waals surface area (Å²) in [6.45, 7) is 5.78. The summed E-state index contributed by atoms with van der Waals surface area (Å²) >= 11 is 0. The number of aryl methyl sites for hydroxylation is 1. The number of aromatic nitrogens is 1. The summed E-state index contributed by atoms with van der Waals surface area (Å²) in [7, 11) is 0. The highest BCUT2D eigenvalue weighted by molar-refractivity contribution is 6.05. The zero-order valence-electron chi connectivity index (χ0n) is 20.3. The molecule has 4 rings (SSSR count). The lowest BCUT2D eigenvalue weighted by molar-refractivity contribution is -0.115. The molecule has 2 N–H and O–H groups in total. The minimum atomic E-state index is -1.04. The maximum Gasteiger partial charge on any atom is 0.336 e. The fourth-order valence-corrected chi connectivity index (χ4v) is 4.13. The van der Waals surface area contributed by atoms with E-state index in [9.17, 15) is 14.7 Å². The van der Waals surface area contributed by atoms with Crippen molar-refractivity contribution in [2.24, 2.45) is 0 Å². The molecule has 0 bridgehead atoms. The molecule has 1 saturated heterocycles. The Labute approximate surface area is 234 Å². The maximum atomic E-state index is 12.5. The van der Waals surface area contributed by atoms with Crippen LogP contribution in [0.15, 0.2) is 48.5 Å². The molecular formula is C26H30Cl3N5O3. The molecular weight excluding hydrogens is 537 g/mol. The first-order valence-electron chi connectivity index (χ1n) is 11.3. The highest BCUT2D eigenvalue weighted by Gasteiger charge is 2.21. The van der Waals surface area contributed by atoms with E-state index in [2.05, 4.69) is 21.2 Å². The van der Waals surface area contributed by atoms with E-state index >= 15 is 0 Å². The van der Waals surface area contributed by atoms with E-state index < -0.39 is 5.97 Å². The number of halogens is 3. The summed E-state index contributed by atoms with van der Waals surface area (Å²) in [5.74, 6) is -0.579. The van der Waals surface area contributed by atoms with Crippen molar-refractivity contribution in [3.63, 3.8) is 0 Å².